The van der Waals surface area contributed by atoms with E-state index in [1.54, 1.807) is 7.11 Å². The lowest BCUT2D eigenvalue weighted by atomic mass is 9.89. The van der Waals surface area contributed by atoms with Crippen molar-refractivity contribution in [2.45, 2.75) is 19.4 Å². The number of ether oxygens (including phenoxy) is 1. The first-order valence-electron chi connectivity index (χ1n) is 5.74. The summed E-state index contributed by atoms with van der Waals surface area (Å²) >= 11 is 0. The molecule has 2 heterocycles. The second kappa shape index (κ2) is 3.59. The number of allylic oxidation sites excluding steroid dienone is 1. The number of pyridine rings is 1. The predicted molar refractivity (Wildman–Crippen MR) is 63.4 cm³/mol. The number of fused-ring (bicyclic) bond motifs is 1. The summed E-state index contributed by atoms with van der Waals surface area (Å²) in [5.74, 6) is 1.68. The SMILES string of the molecule is COc1cc(C2=CC[C@@H]3CN[C@H]23)cnc1C. The molecule has 0 bridgehead atoms. The van der Waals surface area contributed by atoms with Crippen molar-refractivity contribution in [2.24, 2.45) is 5.92 Å². The van der Waals surface area contributed by atoms with Gasteiger partial charge in [0.05, 0.1) is 12.8 Å². The molecule has 1 aliphatic heterocycles. The fourth-order valence-corrected chi connectivity index (χ4v) is 2.57. The molecule has 3 heteroatoms. The minimum absolute atomic E-state index is 0.550. The minimum atomic E-state index is 0.550. The van der Waals surface area contributed by atoms with Gasteiger partial charge in [0.2, 0.25) is 0 Å². The molecule has 1 aromatic rings. The summed E-state index contributed by atoms with van der Waals surface area (Å²) in [6.07, 6.45) is 5.48. The van der Waals surface area contributed by atoms with Gasteiger partial charge in [0, 0.05) is 24.3 Å². The minimum Gasteiger partial charge on any atom is -0.495 e. The standard InChI is InChI=1S/C13H16N2O/c1-8-12(16-2)5-10(7-14-8)11-4-3-9-6-15-13(9)11/h4-5,7,9,13,15H,3,6H2,1-2H3/t9-,13+/m1/s1. The summed E-state index contributed by atoms with van der Waals surface area (Å²) in [5, 5.41) is 3.47. The van der Waals surface area contributed by atoms with Crippen LogP contribution in [0.2, 0.25) is 0 Å². The Morgan fingerprint density at radius 2 is 2.38 bits per heavy atom. The Balaban J connectivity index is 1.95. The van der Waals surface area contributed by atoms with Crippen LogP contribution in [0.4, 0.5) is 0 Å². The summed E-state index contributed by atoms with van der Waals surface area (Å²) < 4.78 is 5.32. The number of methoxy groups -OCH3 is 1. The van der Waals surface area contributed by atoms with Crippen LogP contribution in [-0.4, -0.2) is 24.7 Å². The Labute approximate surface area is 95.5 Å². The van der Waals surface area contributed by atoms with Gasteiger partial charge < -0.3 is 10.1 Å². The van der Waals surface area contributed by atoms with Crippen LogP contribution in [0.3, 0.4) is 0 Å². The van der Waals surface area contributed by atoms with E-state index in [9.17, 15) is 0 Å². The molecule has 0 radical (unpaired) electrons. The molecular formula is C13H16N2O. The number of nitrogens with zero attached hydrogens (tertiary/aromatic N) is 1. The van der Waals surface area contributed by atoms with Crippen molar-refractivity contribution in [3.63, 3.8) is 0 Å². The van der Waals surface area contributed by atoms with Gasteiger partial charge in [0.1, 0.15) is 5.75 Å². The van der Waals surface area contributed by atoms with E-state index in [0.717, 1.165) is 23.9 Å². The van der Waals surface area contributed by atoms with Crippen LogP contribution in [0, 0.1) is 12.8 Å². The number of nitrogens with one attached hydrogen (secondary N) is 1. The van der Waals surface area contributed by atoms with Gasteiger partial charge in [-0.05, 0) is 30.9 Å². The van der Waals surface area contributed by atoms with E-state index in [1.807, 2.05) is 13.1 Å². The first-order chi connectivity index (χ1) is 7.79. The van der Waals surface area contributed by atoms with E-state index in [2.05, 4.69) is 22.4 Å². The zero-order valence-electron chi connectivity index (χ0n) is 9.66. The molecule has 3 nitrogen and oxygen atoms in total. The first-order valence-corrected chi connectivity index (χ1v) is 5.74. The van der Waals surface area contributed by atoms with Gasteiger partial charge in [0.15, 0.2) is 0 Å². The van der Waals surface area contributed by atoms with Crippen molar-refractivity contribution < 1.29 is 4.74 Å². The molecular weight excluding hydrogens is 200 g/mol. The topological polar surface area (TPSA) is 34.1 Å². The van der Waals surface area contributed by atoms with Crippen LogP contribution in [0.15, 0.2) is 18.3 Å². The maximum atomic E-state index is 5.32. The highest BCUT2D eigenvalue weighted by molar-refractivity contribution is 5.73. The molecule has 0 amide bonds. The highest BCUT2D eigenvalue weighted by Gasteiger charge is 2.37. The number of hydrogen-bond acceptors (Lipinski definition) is 3. The number of rotatable bonds is 2. The third kappa shape index (κ3) is 1.35. The summed E-state index contributed by atoms with van der Waals surface area (Å²) in [5.41, 5.74) is 3.53. The van der Waals surface area contributed by atoms with Crippen molar-refractivity contribution >= 4 is 5.57 Å². The van der Waals surface area contributed by atoms with Gasteiger partial charge in [-0.1, -0.05) is 6.08 Å². The average molecular weight is 216 g/mol. The van der Waals surface area contributed by atoms with Crippen LogP contribution < -0.4 is 10.1 Å². The van der Waals surface area contributed by atoms with E-state index in [0.29, 0.717) is 6.04 Å². The molecule has 0 aromatic carbocycles. The molecule has 0 spiro atoms. The fraction of sp³-hybridized carbons (Fsp3) is 0.462. The third-order valence-electron chi connectivity index (χ3n) is 3.64. The van der Waals surface area contributed by atoms with Crippen molar-refractivity contribution in [3.8, 4) is 5.75 Å². The average Bonchev–Trinajstić information content (AvgIpc) is 2.54. The molecule has 16 heavy (non-hydrogen) atoms. The van der Waals surface area contributed by atoms with Crippen LogP contribution in [0.5, 0.6) is 5.75 Å². The molecule has 1 aliphatic carbocycles. The Morgan fingerprint density at radius 1 is 1.50 bits per heavy atom. The summed E-state index contributed by atoms with van der Waals surface area (Å²) in [4.78, 5) is 4.38. The molecule has 1 aromatic heterocycles. The smallest absolute Gasteiger partial charge is 0.140 e. The van der Waals surface area contributed by atoms with Gasteiger partial charge in [-0.25, -0.2) is 0 Å². The first kappa shape index (κ1) is 9.85. The molecule has 1 fully saturated rings. The van der Waals surface area contributed by atoms with E-state index in [4.69, 9.17) is 4.74 Å². The van der Waals surface area contributed by atoms with Crippen LogP contribution in [0.1, 0.15) is 17.7 Å². The number of aryl methyl sites for hydroxylation is 1. The van der Waals surface area contributed by atoms with Gasteiger partial charge in [0.25, 0.3) is 0 Å². The van der Waals surface area contributed by atoms with Gasteiger partial charge in [-0.3, -0.25) is 4.98 Å². The maximum Gasteiger partial charge on any atom is 0.140 e. The lowest BCUT2D eigenvalue weighted by molar-refractivity contribution is 0.306. The molecule has 0 saturated carbocycles. The van der Waals surface area contributed by atoms with Crippen molar-refractivity contribution in [1.82, 2.24) is 10.3 Å². The predicted octanol–water partition coefficient (Wildman–Crippen LogP) is 1.77. The Kier molecular flexibility index (Phi) is 2.21. The fourth-order valence-electron chi connectivity index (χ4n) is 2.57. The monoisotopic (exact) mass is 216 g/mol. The summed E-state index contributed by atoms with van der Waals surface area (Å²) in [6, 6.07) is 2.64. The lowest BCUT2D eigenvalue weighted by Crippen LogP contribution is -2.50. The van der Waals surface area contributed by atoms with Crippen molar-refractivity contribution in [3.05, 3.63) is 29.6 Å². The van der Waals surface area contributed by atoms with Crippen molar-refractivity contribution in [1.29, 1.82) is 0 Å². The highest BCUT2D eigenvalue weighted by Crippen LogP contribution is 2.38. The molecule has 3 rings (SSSR count). The summed E-state index contributed by atoms with van der Waals surface area (Å²) in [6.45, 7) is 3.12. The molecule has 2 atom stereocenters. The zero-order chi connectivity index (χ0) is 11.1. The van der Waals surface area contributed by atoms with Crippen molar-refractivity contribution in [2.75, 3.05) is 13.7 Å². The van der Waals surface area contributed by atoms with E-state index in [-0.39, 0.29) is 0 Å². The molecule has 2 aliphatic rings. The van der Waals surface area contributed by atoms with E-state index in [1.165, 1.54) is 17.6 Å². The number of hydrogen-bond donors (Lipinski definition) is 1. The normalized spacial score (nSPS) is 27.0. The molecule has 1 N–H and O–H groups in total. The van der Waals surface area contributed by atoms with Crippen LogP contribution >= 0.6 is 0 Å². The van der Waals surface area contributed by atoms with Gasteiger partial charge in [-0.15, -0.1) is 0 Å². The van der Waals surface area contributed by atoms with Gasteiger partial charge in [-0.2, -0.15) is 0 Å². The van der Waals surface area contributed by atoms with E-state index >= 15 is 0 Å². The highest BCUT2D eigenvalue weighted by atomic mass is 16.5. The second-order valence-electron chi connectivity index (χ2n) is 4.55. The Bertz CT molecular complexity index is 453. The molecule has 0 unspecified atom stereocenters. The second-order valence-corrected chi connectivity index (χ2v) is 4.55. The van der Waals surface area contributed by atoms with Crippen LogP contribution in [-0.2, 0) is 0 Å². The summed E-state index contributed by atoms with van der Waals surface area (Å²) in [7, 11) is 1.70. The molecule has 1 saturated heterocycles. The Morgan fingerprint density at radius 3 is 3.00 bits per heavy atom. The quantitative estimate of drug-likeness (QED) is 0.818. The Hall–Kier alpha value is -1.35. The maximum absolute atomic E-state index is 5.32. The molecule has 84 valence electrons. The largest absolute Gasteiger partial charge is 0.495 e. The van der Waals surface area contributed by atoms with Crippen LogP contribution in [0.25, 0.3) is 5.57 Å². The third-order valence-corrected chi connectivity index (χ3v) is 3.64. The zero-order valence-corrected chi connectivity index (χ0v) is 9.66. The van der Waals surface area contributed by atoms with E-state index < -0.39 is 0 Å². The van der Waals surface area contributed by atoms with Gasteiger partial charge >= 0.3 is 0 Å². The lowest BCUT2D eigenvalue weighted by Gasteiger charge is -2.34. The number of aromatic nitrogens is 1.